The Morgan fingerprint density at radius 3 is 2.75 bits per heavy atom. The first kappa shape index (κ1) is 17.8. The second-order valence-corrected chi connectivity index (χ2v) is 7.96. The molecule has 1 aliphatic carbocycles. The molecule has 130 valence electrons. The standard InChI is InChI=1S/C19H23NO2S.BrH/c1-2-3-4-12-8-14-18(23-12)10-20-15-6-5-11-7-16(21)17(22)9-13(11)19(14)15;/h7-9,15,19-22H,2-6,10H2,1H3;1H/t15-,19+;/m0./s1. The van der Waals surface area contributed by atoms with Gasteiger partial charge in [-0.15, -0.1) is 28.3 Å². The number of aryl methyl sites for hydroxylation is 2. The predicted molar refractivity (Wildman–Crippen MR) is 104 cm³/mol. The quantitative estimate of drug-likeness (QED) is 0.647. The summed E-state index contributed by atoms with van der Waals surface area (Å²) in [6, 6.07) is 6.36. The summed E-state index contributed by atoms with van der Waals surface area (Å²) in [5, 5.41) is 23.5. The van der Waals surface area contributed by atoms with Gasteiger partial charge in [-0.2, -0.15) is 0 Å². The minimum atomic E-state index is -0.00189. The maximum Gasteiger partial charge on any atom is 0.157 e. The summed E-state index contributed by atoms with van der Waals surface area (Å²) < 4.78 is 0. The summed E-state index contributed by atoms with van der Waals surface area (Å²) in [7, 11) is 0. The van der Waals surface area contributed by atoms with Gasteiger partial charge in [0.1, 0.15) is 0 Å². The van der Waals surface area contributed by atoms with Crippen molar-refractivity contribution in [1.82, 2.24) is 5.32 Å². The highest BCUT2D eigenvalue weighted by atomic mass is 79.9. The number of phenols is 2. The molecule has 1 aromatic heterocycles. The molecule has 5 heteroatoms. The molecule has 3 N–H and O–H groups in total. The molecule has 3 nitrogen and oxygen atoms in total. The smallest absolute Gasteiger partial charge is 0.157 e. The Kier molecular flexibility index (Phi) is 5.23. The third-order valence-corrected chi connectivity index (χ3v) is 6.44. The SMILES string of the molecule is Br.CCCCc1cc2c(s1)CN[C@H]1CCc3cc(O)c(O)cc3[C@H]21. The number of rotatable bonds is 3. The van der Waals surface area contributed by atoms with E-state index in [4.69, 9.17) is 0 Å². The molecule has 0 saturated carbocycles. The molecule has 4 rings (SSSR count). The molecule has 2 atom stereocenters. The van der Waals surface area contributed by atoms with Crippen LogP contribution in [0.3, 0.4) is 0 Å². The van der Waals surface area contributed by atoms with E-state index in [1.54, 1.807) is 12.1 Å². The van der Waals surface area contributed by atoms with Crippen LogP contribution in [0.5, 0.6) is 11.5 Å². The van der Waals surface area contributed by atoms with Crippen molar-refractivity contribution in [2.45, 2.75) is 57.5 Å². The number of hydrogen-bond donors (Lipinski definition) is 3. The summed E-state index contributed by atoms with van der Waals surface area (Å²) in [5.74, 6) is 0.304. The first-order chi connectivity index (χ1) is 11.2. The van der Waals surface area contributed by atoms with Gasteiger partial charge in [0.2, 0.25) is 0 Å². The first-order valence-corrected chi connectivity index (χ1v) is 9.38. The summed E-state index contributed by atoms with van der Waals surface area (Å²) in [5.41, 5.74) is 3.80. The number of nitrogens with one attached hydrogen (secondary N) is 1. The van der Waals surface area contributed by atoms with Crippen LogP contribution in [0.2, 0.25) is 0 Å². The molecule has 0 radical (unpaired) electrons. The van der Waals surface area contributed by atoms with Crippen LogP contribution in [-0.2, 0) is 19.4 Å². The Labute approximate surface area is 157 Å². The number of aromatic hydroxyl groups is 2. The van der Waals surface area contributed by atoms with Gasteiger partial charge in [-0.25, -0.2) is 0 Å². The number of fused-ring (bicyclic) bond motifs is 5. The molecular formula is C19H24BrNO2S. The highest BCUT2D eigenvalue weighted by molar-refractivity contribution is 8.93. The Morgan fingerprint density at radius 1 is 1.17 bits per heavy atom. The minimum absolute atomic E-state index is 0. The van der Waals surface area contributed by atoms with Crippen LogP contribution in [0.25, 0.3) is 0 Å². The predicted octanol–water partition coefficient (Wildman–Crippen LogP) is 4.63. The highest BCUT2D eigenvalue weighted by Crippen LogP contribution is 2.46. The molecule has 0 saturated heterocycles. The van der Waals surface area contributed by atoms with Crippen molar-refractivity contribution in [3.05, 3.63) is 44.6 Å². The van der Waals surface area contributed by atoms with Crippen molar-refractivity contribution >= 4 is 28.3 Å². The van der Waals surface area contributed by atoms with Gasteiger partial charge in [0.05, 0.1) is 0 Å². The second-order valence-electron chi connectivity index (χ2n) is 6.74. The molecule has 0 fully saturated rings. The average Bonchev–Trinajstić information content (AvgIpc) is 2.96. The fourth-order valence-electron chi connectivity index (χ4n) is 4.04. The van der Waals surface area contributed by atoms with E-state index in [0.717, 1.165) is 19.4 Å². The van der Waals surface area contributed by atoms with Gasteiger partial charge in [0.15, 0.2) is 11.5 Å². The van der Waals surface area contributed by atoms with Gasteiger partial charge in [-0.05, 0) is 60.6 Å². The van der Waals surface area contributed by atoms with Gasteiger partial charge in [0.25, 0.3) is 0 Å². The average molecular weight is 410 g/mol. The lowest BCUT2D eigenvalue weighted by molar-refractivity contribution is 0.382. The molecule has 2 heterocycles. The number of thiophene rings is 1. The molecule has 2 aromatic rings. The van der Waals surface area contributed by atoms with Crippen LogP contribution in [0.4, 0.5) is 0 Å². The van der Waals surface area contributed by atoms with Crippen molar-refractivity contribution in [3.8, 4) is 11.5 Å². The van der Waals surface area contributed by atoms with Crippen LogP contribution < -0.4 is 5.32 Å². The van der Waals surface area contributed by atoms with E-state index < -0.39 is 0 Å². The van der Waals surface area contributed by atoms with Crippen LogP contribution >= 0.6 is 28.3 Å². The second kappa shape index (κ2) is 7.06. The van der Waals surface area contributed by atoms with Crippen LogP contribution in [-0.4, -0.2) is 16.3 Å². The molecule has 0 amide bonds. The third-order valence-electron chi connectivity index (χ3n) is 5.23. The summed E-state index contributed by atoms with van der Waals surface area (Å²) in [6.07, 6.45) is 5.68. The summed E-state index contributed by atoms with van der Waals surface area (Å²) in [4.78, 5) is 2.92. The van der Waals surface area contributed by atoms with E-state index in [0.29, 0.717) is 12.0 Å². The van der Waals surface area contributed by atoms with Gasteiger partial charge < -0.3 is 15.5 Å². The molecule has 2 aliphatic rings. The van der Waals surface area contributed by atoms with E-state index in [9.17, 15) is 10.2 Å². The van der Waals surface area contributed by atoms with Crippen LogP contribution in [0, 0.1) is 0 Å². The summed E-state index contributed by atoms with van der Waals surface area (Å²) >= 11 is 1.94. The lowest BCUT2D eigenvalue weighted by Crippen LogP contribution is -2.41. The molecule has 24 heavy (non-hydrogen) atoms. The molecule has 0 spiro atoms. The Morgan fingerprint density at radius 2 is 1.96 bits per heavy atom. The van der Waals surface area contributed by atoms with E-state index in [1.807, 2.05) is 11.3 Å². The van der Waals surface area contributed by atoms with Gasteiger partial charge >= 0.3 is 0 Å². The summed E-state index contributed by atoms with van der Waals surface area (Å²) in [6.45, 7) is 3.20. The Balaban J connectivity index is 0.00000169. The molecule has 0 unspecified atom stereocenters. The number of benzene rings is 1. The number of phenolic OH excluding ortho intramolecular Hbond substituents is 2. The number of hydrogen-bond acceptors (Lipinski definition) is 4. The Bertz CT molecular complexity index is 743. The van der Waals surface area contributed by atoms with Crippen LogP contribution in [0.15, 0.2) is 18.2 Å². The van der Waals surface area contributed by atoms with E-state index in [2.05, 4.69) is 18.3 Å². The highest BCUT2D eigenvalue weighted by Gasteiger charge is 2.36. The number of unbranched alkanes of at least 4 members (excludes halogenated alkanes) is 1. The maximum absolute atomic E-state index is 9.97. The van der Waals surface area contributed by atoms with Crippen molar-refractivity contribution < 1.29 is 10.2 Å². The van der Waals surface area contributed by atoms with Gasteiger partial charge in [-0.1, -0.05) is 13.3 Å². The largest absolute Gasteiger partial charge is 0.504 e. The monoisotopic (exact) mass is 409 g/mol. The fraction of sp³-hybridized carbons (Fsp3) is 0.474. The molecule has 1 aromatic carbocycles. The topological polar surface area (TPSA) is 52.5 Å². The van der Waals surface area contributed by atoms with Gasteiger partial charge in [0, 0.05) is 28.3 Å². The third kappa shape index (κ3) is 2.98. The normalized spacial score (nSPS) is 21.4. The maximum atomic E-state index is 9.97. The van der Waals surface area contributed by atoms with Gasteiger partial charge in [-0.3, -0.25) is 0 Å². The molecule has 0 bridgehead atoms. The van der Waals surface area contributed by atoms with E-state index >= 15 is 0 Å². The Hall–Kier alpha value is -1.04. The fourth-order valence-corrected chi connectivity index (χ4v) is 5.25. The van der Waals surface area contributed by atoms with Crippen molar-refractivity contribution in [2.75, 3.05) is 0 Å². The van der Waals surface area contributed by atoms with Crippen molar-refractivity contribution in [1.29, 1.82) is 0 Å². The zero-order valence-corrected chi connectivity index (χ0v) is 16.4. The van der Waals surface area contributed by atoms with Crippen molar-refractivity contribution in [3.63, 3.8) is 0 Å². The van der Waals surface area contributed by atoms with E-state index in [-0.39, 0.29) is 28.5 Å². The zero-order valence-electron chi connectivity index (χ0n) is 13.8. The number of halogens is 1. The minimum Gasteiger partial charge on any atom is -0.504 e. The zero-order chi connectivity index (χ0) is 16.0. The van der Waals surface area contributed by atoms with Crippen molar-refractivity contribution in [2.24, 2.45) is 0 Å². The first-order valence-electron chi connectivity index (χ1n) is 8.57. The molecular weight excluding hydrogens is 386 g/mol. The lowest BCUT2D eigenvalue weighted by atomic mass is 9.74. The lowest BCUT2D eigenvalue weighted by Gasteiger charge is -2.38. The molecule has 1 aliphatic heterocycles. The van der Waals surface area contributed by atoms with E-state index in [1.165, 1.54) is 45.7 Å². The van der Waals surface area contributed by atoms with Crippen LogP contribution in [0.1, 0.15) is 58.5 Å².